The summed E-state index contributed by atoms with van der Waals surface area (Å²) in [5.41, 5.74) is 8.13. The minimum Gasteiger partial charge on any atom is -0.0622 e. The van der Waals surface area contributed by atoms with E-state index in [2.05, 4.69) is 133 Å². The molecular formula is C34H26. The second kappa shape index (κ2) is 9.00. The smallest absolute Gasteiger partial charge is 0.00133 e. The van der Waals surface area contributed by atoms with Crippen LogP contribution in [0.25, 0.3) is 32.7 Å². The monoisotopic (exact) mass is 434 g/mol. The number of benzene rings is 6. The van der Waals surface area contributed by atoms with Gasteiger partial charge in [0.05, 0.1) is 0 Å². The van der Waals surface area contributed by atoms with Gasteiger partial charge >= 0.3 is 0 Å². The Hall–Kier alpha value is -4.16. The molecule has 0 radical (unpaired) electrons. The Morgan fingerprint density at radius 2 is 1.00 bits per heavy atom. The molecule has 0 saturated carbocycles. The summed E-state index contributed by atoms with van der Waals surface area (Å²) in [5.74, 6) is 0. The van der Waals surface area contributed by atoms with E-state index < -0.39 is 0 Å². The van der Waals surface area contributed by atoms with Gasteiger partial charge in [-0.2, -0.15) is 0 Å². The van der Waals surface area contributed by atoms with Gasteiger partial charge in [0.1, 0.15) is 0 Å². The van der Waals surface area contributed by atoms with Gasteiger partial charge in [0.15, 0.2) is 0 Å². The molecule has 0 aliphatic rings. The van der Waals surface area contributed by atoms with E-state index in [4.69, 9.17) is 0 Å². The molecule has 0 amide bonds. The van der Waals surface area contributed by atoms with Crippen molar-refractivity contribution in [2.75, 3.05) is 0 Å². The second-order valence-corrected chi connectivity index (χ2v) is 9.00. The predicted molar refractivity (Wildman–Crippen MR) is 145 cm³/mol. The third kappa shape index (κ3) is 4.00. The van der Waals surface area contributed by atoms with Gasteiger partial charge in [-0.25, -0.2) is 0 Å². The van der Waals surface area contributed by atoms with Crippen LogP contribution in [0.1, 0.15) is 22.3 Å². The van der Waals surface area contributed by atoms with Gasteiger partial charge in [-0.15, -0.1) is 0 Å². The van der Waals surface area contributed by atoms with Crippen molar-refractivity contribution in [3.8, 4) is 11.1 Å². The van der Waals surface area contributed by atoms with Crippen molar-refractivity contribution in [1.29, 1.82) is 0 Å². The van der Waals surface area contributed by atoms with Crippen LogP contribution in [0, 0.1) is 0 Å². The summed E-state index contributed by atoms with van der Waals surface area (Å²) in [6, 6.07) is 48.5. The van der Waals surface area contributed by atoms with Crippen LogP contribution in [0.2, 0.25) is 0 Å². The van der Waals surface area contributed by atoms with Gasteiger partial charge in [-0.1, -0.05) is 127 Å². The molecule has 6 aromatic rings. The molecule has 6 rings (SSSR count). The second-order valence-electron chi connectivity index (χ2n) is 9.00. The van der Waals surface area contributed by atoms with E-state index in [0.29, 0.717) is 0 Å². The van der Waals surface area contributed by atoms with E-state index >= 15 is 0 Å². The Labute approximate surface area is 201 Å². The van der Waals surface area contributed by atoms with Crippen molar-refractivity contribution in [2.45, 2.75) is 12.8 Å². The molecule has 0 spiro atoms. The summed E-state index contributed by atoms with van der Waals surface area (Å²) in [5, 5.41) is 5.21. The van der Waals surface area contributed by atoms with E-state index in [1.54, 1.807) is 0 Å². The SMILES string of the molecule is c1ccc(Cc2cc3ccccc3c(Cc3ccccc3)c2-c2ccc3ccccc3c2)cc1. The molecular weight excluding hydrogens is 408 g/mol. The van der Waals surface area contributed by atoms with E-state index in [9.17, 15) is 0 Å². The first kappa shape index (κ1) is 20.4. The first-order chi connectivity index (χ1) is 16.8. The molecule has 0 aliphatic carbocycles. The number of hydrogen-bond donors (Lipinski definition) is 0. The Morgan fingerprint density at radius 1 is 0.412 bits per heavy atom. The summed E-state index contributed by atoms with van der Waals surface area (Å²) < 4.78 is 0. The molecule has 0 unspecified atom stereocenters. The first-order valence-electron chi connectivity index (χ1n) is 12.0. The first-order valence-corrected chi connectivity index (χ1v) is 12.0. The zero-order valence-electron chi connectivity index (χ0n) is 19.1. The third-order valence-electron chi connectivity index (χ3n) is 6.74. The minimum atomic E-state index is 0.909. The van der Waals surface area contributed by atoms with Crippen molar-refractivity contribution < 1.29 is 0 Å². The lowest BCUT2D eigenvalue weighted by Crippen LogP contribution is -2.01. The molecule has 0 bridgehead atoms. The maximum atomic E-state index is 2.40. The normalized spacial score (nSPS) is 11.2. The number of fused-ring (bicyclic) bond motifs is 2. The maximum Gasteiger partial charge on any atom is -0.00133 e. The molecule has 34 heavy (non-hydrogen) atoms. The van der Waals surface area contributed by atoms with Crippen molar-refractivity contribution in [2.24, 2.45) is 0 Å². The molecule has 0 fully saturated rings. The fourth-order valence-corrected chi connectivity index (χ4v) is 5.13. The molecule has 0 heteroatoms. The average Bonchev–Trinajstić information content (AvgIpc) is 2.90. The highest BCUT2D eigenvalue weighted by molar-refractivity contribution is 5.96. The highest BCUT2D eigenvalue weighted by atomic mass is 14.2. The van der Waals surface area contributed by atoms with Crippen LogP contribution in [-0.4, -0.2) is 0 Å². The predicted octanol–water partition coefficient (Wildman–Crippen LogP) is 8.84. The van der Waals surface area contributed by atoms with Crippen molar-refractivity contribution in [3.63, 3.8) is 0 Å². The molecule has 0 nitrogen and oxygen atoms in total. The van der Waals surface area contributed by atoms with Crippen LogP contribution < -0.4 is 0 Å². The quantitative estimate of drug-likeness (QED) is 0.254. The number of rotatable bonds is 5. The van der Waals surface area contributed by atoms with Crippen LogP contribution in [0.4, 0.5) is 0 Å². The van der Waals surface area contributed by atoms with Crippen LogP contribution >= 0.6 is 0 Å². The maximum absolute atomic E-state index is 2.40. The topological polar surface area (TPSA) is 0 Å². The summed E-state index contributed by atoms with van der Waals surface area (Å²) >= 11 is 0. The van der Waals surface area contributed by atoms with Crippen molar-refractivity contribution >= 4 is 21.5 Å². The van der Waals surface area contributed by atoms with Gasteiger partial charge in [0, 0.05) is 0 Å². The lowest BCUT2D eigenvalue weighted by atomic mass is 9.84. The molecule has 0 aliphatic heterocycles. The van der Waals surface area contributed by atoms with Crippen molar-refractivity contribution in [1.82, 2.24) is 0 Å². The van der Waals surface area contributed by atoms with Gasteiger partial charge in [-0.05, 0) is 73.8 Å². The summed E-state index contributed by atoms with van der Waals surface area (Å²) in [7, 11) is 0. The summed E-state index contributed by atoms with van der Waals surface area (Å²) in [6.07, 6.45) is 1.82. The highest BCUT2D eigenvalue weighted by Gasteiger charge is 2.16. The summed E-state index contributed by atoms with van der Waals surface area (Å²) in [6.45, 7) is 0. The average molecular weight is 435 g/mol. The molecule has 0 N–H and O–H groups in total. The fourth-order valence-electron chi connectivity index (χ4n) is 5.13. The van der Waals surface area contributed by atoms with Crippen molar-refractivity contribution in [3.05, 3.63) is 156 Å². The van der Waals surface area contributed by atoms with Crippen LogP contribution in [-0.2, 0) is 12.8 Å². The molecule has 6 aromatic carbocycles. The van der Waals surface area contributed by atoms with Gasteiger partial charge in [0.25, 0.3) is 0 Å². The molecule has 0 heterocycles. The van der Waals surface area contributed by atoms with Gasteiger partial charge < -0.3 is 0 Å². The van der Waals surface area contributed by atoms with Crippen LogP contribution in [0.15, 0.2) is 133 Å². The molecule has 0 atom stereocenters. The fraction of sp³-hybridized carbons (Fsp3) is 0.0588. The molecule has 0 aromatic heterocycles. The Kier molecular flexibility index (Phi) is 5.41. The Morgan fingerprint density at radius 3 is 1.74 bits per heavy atom. The van der Waals surface area contributed by atoms with Gasteiger partial charge in [0.2, 0.25) is 0 Å². The Balaban J connectivity index is 1.64. The minimum absolute atomic E-state index is 0.909. The van der Waals surface area contributed by atoms with E-state index in [1.807, 2.05) is 0 Å². The largest absolute Gasteiger partial charge is 0.0622 e. The van der Waals surface area contributed by atoms with E-state index in [1.165, 1.54) is 54.9 Å². The standard InChI is InChI=1S/C34H26/c1-3-11-25(12-4-1)21-31-24-29-17-9-10-18-32(29)33(22-26-13-5-2-6-14-26)34(31)30-20-19-27-15-7-8-16-28(27)23-30/h1-20,23-24H,21-22H2. The highest BCUT2D eigenvalue weighted by Crippen LogP contribution is 2.38. The van der Waals surface area contributed by atoms with Gasteiger partial charge in [-0.3, -0.25) is 0 Å². The number of hydrogen-bond acceptors (Lipinski definition) is 0. The lowest BCUT2D eigenvalue weighted by molar-refractivity contribution is 1.16. The van der Waals surface area contributed by atoms with E-state index in [-0.39, 0.29) is 0 Å². The zero-order chi connectivity index (χ0) is 22.7. The van der Waals surface area contributed by atoms with Crippen LogP contribution in [0.5, 0.6) is 0 Å². The zero-order valence-corrected chi connectivity index (χ0v) is 19.1. The molecule has 162 valence electrons. The third-order valence-corrected chi connectivity index (χ3v) is 6.74. The lowest BCUT2D eigenvalue weighted by Gasteiger charge is -2.20. The van der Waals surface area contributed by atoms with E-state index in [0.717, 1.165) is 12.8 Å². The Bertz CT molecular complexity index is 1580. The summed E-state index contributed by atoms with van der Waals surface area (Å²) in [4.78, 5) is 0. The molecule has 0 saturated heterocycles. The van der Waals surface area contributed by atoms with Crippen LogP contribution in [0.3, 0.4) is 0 Å².